The minimum Gasteiger partial charge on any atom is -0.331 e. The highest BCUT2D eigenvalue weighted by Crippen LogP contribution is 2.26. The normalized spacial score (nSPS) is 16.3. The summed E-state index contributed by atoms with van der Waals surface area (Å²) in [5, 5.41) is 19.8. The van der Waals surface area contributed by atoms with E-state index in [1.54, 1.807) is 0 Å². The lowest BCUT2D eigenvalue weighted by Crippen LogP contribution is -2.44. The molecule has 2 aliphatic rings. The summed E-state index contributed by atoms with van der Waals surface area (Å²) in [6.45, 7) is 1.69. The second kappa shape index (κ2) is 9.62. The molecule has 0 saturated carbocycles. The number of hydrogen-bond acceptors (Lipinski definition) is 4. The van der Waals surface area contributed by atoms with Crippen LogP contribution in [0.4, 0.5) is 4.79 Å². The largest absolute Gasteiger partial charge is 0.331 e. The molecule has 1 aliphatic heterocycles. The molecule has 0 radical (unpaired) electrons. The molecule has 1 fully saturated rings. The number of fused-ring (bicyclic) bond motifs is 1. The number of halogens is 1. The molecule has 2 amide bonds. The van der Waals surface area contributed by atoms with E-state index in [0.29, 0.717) is 24.8 Å². The summed E-state index contributed by atoms with van der Waals surface area (Å²) in [5.41, 5.74) is 2.45. The Labute approximate surface area is 196 Å². The van der Waals surface area contributed by atoms with Crippen molar-refractivity contribution < 1.29 is 4.79 Å². The Hall–Kier alpha value is -3.39. The van der Waals surface area contributed by atoms with E-state index in [0.717, 1.165) is 36.4 Å². The average Bonchev–Trinajstić information content (AvgIpc) is 3.46. The molecule has 2 aromatic heterocycles. The molecule has 3 heterocycles. The Kier molecular flexibility index (Phi) is 6.26. The van der Waals surface area contributed by atoms with Crippen LogP contribution in [0.2, 0.25) is 5.02 Å². The number of carbonyl (C=O) groups is 1. The summed E-state index contributed by atoms with van der Waals surface area (Å²) in [5.74, 6) is 0.867. The molecule has 1 aliphatic carbocycles. The molecular weight excluding hydrogens is 438 g/mol. The van der Waals surface area contributed by atoms with Crippen molar-refractivity contribution in [3.8, 4) is 5.69 Å². The van der Waals surface area contributed by atoms with Crippen molar-refractivity contribution in [1.82, 2.24) is 35.4 Å². The molecule has 0 atom stereocenters. The number of nitrogens with zero attached hydrogens (tertiary/aromatic N) is 5. The van der Waals surface area contributed by atoms with Gasteiger partial charge in [-0.25, -0.2) is 4.79 Å². The first-order valence-corrected chi connectivity index (χ1v) is 11.7. The van der Waals surface area contributed by atoms with Crippen molar-refractivity contribution in [2.45, 2.75) is 38.1 Å². The van der Waals surface area contributed by atoms with Gasteiger partial charge >= 0.3 is 6.03 Å². The van der Waals surface area contributed by atoms with Crippen molar-refractivity contribution in [3.05, 3.63) is 69.6 Å². The van der Waals surface area contributed by atoms with E-state index >= 15 is 0 Å². The van der Waals surface area contributed by atoms with Gasteiger partial charge in [-0.05, 0) is 61.4 Å². The molecule has 5 rings (SSSR count). The number of nitrogens with one attached hydrogen (secondary N) is 2. The molecule has 2 N–H and O–H groups in total. The topological polar surface area (TPSA) is 91.7 Å². The summed E-state index contributed by atoms with van der Waals surface area (Å²) in [6, 6.07) is 7.90. The summed E-state index contributed by atoms with van der Waals surface area (Å²) in [6.07, 6.45) is 15.1. The Morgan fingerprint density at radius 3 is 2.76 bits per heavy atom. The quantitative estimate of drug-likeness (QED) is 0.622. The van der Waals surface area contributed by atoms with Gasteiger partial charge in [0.05, 0.1) is 6.54 Å². The molecule has 33 heavy (non-hydrogen) atoms. The molecule has 8 nitrogen and oxygen atoms in total. The Balaban J connectivity index is 1.37. The van der Waals surface area contributed by atoms with Gasteiger partial charge in [-0.1, -0.05) is 41.1 Å². The van der Waals surface area contributed by atoms with E-state index in [-0.39, 0.29) is 12.6 Å². The number of amides is 2. The Morgan fingerprint density at radius 1 is 1.18 bits per heavy atom. The fraction of sp³-hybridized carbons (Fsp3) is 0.333. The number of hydrogen-bond donors (Lipinski definition) is 2. The van der Waals surface area contributed by atoms with Crippen LogP contribution in [0.15, 0.2) is 42.6 Å². The van der Waals surface area contributed by atoms with Crippen LogP contribution in [-0.2, 0) is 6.54 Å². The van der Waals surface area contributed by atoms with Crippen LogP contribution in [0, 0.1) is 0 Å². The van der Waals surface area contributed by atoms with Gasteiger partial charge in [-0.15, -0.1) is 10.2 Å². The summed E-state index contributed by atoms with van der Waals surface area (Å²) < 4.78 is 2.28. The number of tetrazole rings is 1. The minimum absolute atomic E-state index is 0.0878. The maximum atomic E-state index is 12.6. The van der Waals surface area contributed by atoms with Gasteiger partial charge in [0, 0.05) is 40.6 Å². The standard InChI is InChI=1S/C24H26ClN7O/c25-18-7-9-19(10-8-18)32-16-21(20-5-3-1-2-4-6-22(20)32)17-11-13-31(14-12-17)24(33)26-15-23-27-29-30-28-23/h1,3,5-10,16-17H,2,4,11-15H2,(H,26,33)(H,27,28,29,30). The maximum Gasteiger partial charge on any atom is 0.317 e. The zero-order chi connectivity index (χ0) is 22.6. The highest BCUT2D eigenvalue weighted by Gasteiger charge is 2.26. The van der Waals surface area contributed by atoms with Crippen LogP contribution >= 0.6 is 11.6 Å². The minimum atomic E-state index is -0.0878. The Morgan fingerprint density at radius 2 is 2.00 bits per heavy atom. The van der Waals surface area contributed by atoms with Crippen molar-refractivity contribution in [2.24, 2.45) is 0 Å². The number of benzene rings is 1. The van der Waals surface area contributed by atoms with E-state index in [4.69, 9.17) is 11.6 Å². The number of H-pyrrole nitrogens is 1. The van der Waals surface area contributed by atoms with E-state index in [1.165, 1.54) is 16.1 Å². The van der Waals surface area contributed by atoms with Crippen molar-refractivity contribution >= 4 is 29.8 Å². The third-order valence-electron chi connectivity index (χ3n) is 6.30. The zero-order valence-corrected chi connectivity index (χ0v) is 19.0. The third-order valence-corrected chi connectivity index (χ3v) is 6.55. The molecular formula is C24H26ClN7O. The monoisotopic (exact) mass is 463 g/mol. The lowest BCUT2D eigenvalue weighted by molar-refractivity contribution is 0.180. The third kappa shape index (κ3) is 4.71. The van der Waals surface area contributed by atoms with Gasteiger partial charge < -0.3 is 14.8 Å². The predicted molar refractivity (Wildman–Crippen MR) is 127 cm³/mol. The first-order valence-electron chi connectivity index (χ1n) is 11.3. The number of allylic oxidation sites excluding steroid dienone is 2. The molecule has 0 unspecified atom stereocenters. The summed E-state index contributed by atoms with van der Waals surface area (Å²) in [7, 11) is 0. The maximum absolute atomic E-state index is 12.6. The fourth-order valence-corrected chi connectivity index (χ4v) is 4.71. The lowest BCUT2D eigenvalue weighted by Gasteiger charge is -2.31. The average molecular weight is 464 g/mol. The van der Waals surface area contributed by atoms with Gasteiger partial charge in [-0.2, -0.15) is 5.21 Å². The number of carbonyl (C=O) groups excluding carboxylic acids is 1. The second-order valence-corrected chi connectivity index (χ2v) is 8.79. The van der Waals surface area contributed by atoms with Crippen molar-refractivity contribution in [2.75, 3.05) is 13.1 Å². The number of likely N-dealkylation sites (tertiary alicyclic amines) is 1. The molecule has 9 heteroatoms. The van der Waals surface area contributed by atoms with Crippen LogP contribution in [0.25, 0.3) is 17.8 Å². The first kappa shape index (κ1) is 21.5. The number of urea groups is 1. The summed E-state index contributed by atoms with van der Waals surface area (Å²) >= 11 is 6.13. The SMILES string of the molecule is O=C(NCc1nn[nH]n1)N1CCC(c2cn(-c3ccc(Cl)cc3)c3c2=CC=CCCC=3)CC1. The second-order valence-electron chi connectivity index (χ2n) is 8.35. The van der Waals surface area contributed by atoms with Crippen LogP contribution < -0.4 is 15.9 Å². The molecule has 3 aromatic rings. The Bertz CT molecular complexity index is 1250. The number of piperidine rings is 1. The van der Waals surface area contributed by atoms with Crippen LogP contribution in [-0.4, -0.2) is 49.2 Å². The summed E-state index contributed by atoms with van der Waals surface area (Å²) in [4.78, 5) is 14.4. The lowest BCUT2D eigenvalue weighted by atomic mass is 9.90. The molecule has 0 bridgehead atoms. The van der Waals surface area contributed by atoms with E-state index in [1.807, 2.05) is 17.0 Å². The predicted octanol–water partition coefficient (Wildman–Crippen LogP) is 2.64. The van der Waals surface area contributed by atoms with Gasteiger partial charge in [0.2, 0.25) is 0 Å². The van der Waals surface area contributed by atoms with Crippen LogP contribution in [0.1, 0.15) is 43.0 Å². The van der Waals surface area contributed by atoms with Gasteiger partial charge in [0.15, 0.2) is 5.82 Å². The van der Waals surface area contributed by atoms with Crippen molar-refractivity contribution in [1.29, 1.82) is 0 Å². The number of aromatic amines is 1. The molecule has 0 spiro atoms. The van der Waals surface area contributed by atoms with Crippen LogP contribution in [0.5, 0.6) is 0 Å². The first-order chi connectivity index (χ1) is 16.2. The molecule has 1 aromatic carbocycles. The smallest absolute Gasteiger partial charge is 0.317 e. The van der Waals surface area contributed by atoms with Gasteiger partial charge in [0.25, 0.3) is 0 Å². The van der Waals surface area contributed by atoms with Gasteiger partial charge in [0.1, 0.15) is 0 Å². The highest BCUT2D eigenvalue weighted by molar-refractivity contribution is 6.30. The zero-order valence-electron chi connectivity index (χ0n) is 18.2. The number of rotatable bonds is 4. The van der Waals surface area contributed by atoms with E-state index in [2.05, 4.69) is 73.1 Å². The molecule has 1 saturated heterocycles. The van der Waals surface area contributed by atoms with Crippen LogP contribution in [0.3, 0.4) is 0 Å². The number of aromatic nitrogens is 5. The van der Waals surface area contributed by atoms with E-state index < -0.39 is 0 Å². The molecule has 170 valence electrons. The highest BCUT2D eigenvalue weighted by atomic mass is 35.5. The van der Waals surface area contributed by atoms with Gasteiger partial charge in [-0.3, -0.25) is 0 Å². The van der Waals surface area contributed by atoms with E-state index in [9.17, 15) is 4.79 Å². The van der Waals surface area contributed by atoms with Crippen molar-refractivity contribution in [3.63, 3.8) is 0 Å². The fourth-order valence-electron chi connectivity index (χ4n) is 4.58.